The fourth-order valence-corrected chi connectivity index (χ4v) is 1.87. The van der Waals surface area contributed by atoms with Crippen molar-refractivity contribution in [2.45, 2.75) is 12.8 Å². The van der Waals surface area contributed by atoms with Crippen LogP contribution in [-0.2, 0) is 0 Å². The molecule has 0 spiro atoms. The summed E-state index contributed by atoms with van der Waals surface area (Å²) in [5.41, 5.74) is 0.841. The van der Waals surface area contributed by atoms with Crippen LogP contribution in [0.2, 0.25) is 5.02 Å². The van der Waals surface area contributed by atoms with E-state index >= 15 is 0 Å². The predicted octanol–water partition coefficient (Wildman–Crippen LogP) is 2.99. The monoisotopic (exact) mass is 262 g/mol. The standard InChI is InChI=1S/C12H11ClN4O/c13-9-5-3-8(4-6-9)11-16-17-12(18-11)15-10-2-1-7-14-10/h3-6H,1-2,7H2,(H,14,15,17). The highest BCUT2D eigenvalue weighted by Crippen LogP contribution is 2.22. The molecule has 1 aliphatic rings. The van der Waals surface area contributed by atoms with Crippen molar-refractivity contribution in [3.8, 4) is 11.5 Å². The number of halogens is 1. The van der Waals surface area contributed by atoms with Crippen molar-refractivity contribution >= 4 is 23.5 Å². The van der Waals surface area contributed by atoms with E-state index < -0.39 is 0 Å². The van der Waals surface area contributed by atoms with E-state index in [4.69, 9.17) is 16.0 Å². The maximum Gasteiger partial charge on any atom is 0.321 e. The average molecular weight is 263 g/mol. The third-order valence-electron chi connectivity index (χ3n) is 2.64. The molecule has 0 saturated heterocycles. The first kappa shape index (κ1) is 11.2. The second-order valence-corrected chi connectivity index (χ2v) is 4.41. The number of aromatic nitrogens is 2. The third-order valence-corrected chi connectivity index (χ3v) is 2.89. The first-order chi connectivity index (χ1) is 8.81. The molecule has 0 unspecified atom stereocenters. The van der Waals surface area contributed by atoms with Gasteiger partial charge in [-0.05, 0) is 30.7 Å². The number of benzene rings is 1. The lowest BCUT2D eigenvalue weighted by molar-refractivity contribution is 0.588. The van der Waals surface area contributed by atoms with Gasteiger partial charge in [-0.2, -0.15) is 0 Å². The molecule has 0 radical (unpaired) electrons. The Morgan fingerprint density at radius 3 is 2.72 bits per heavy atom. The lowest BCUT2D eigenvalue weighted by atomic mass is 10.2. The number of hydrogen-bond donors (Lipinski definition) is 1. The zero-order valence-electron chi connectivity index (χ0n) is 9.56. The minimum Gasteiger partial charge on any atom is -0.403 e. The molecular weight excluding hydrogens is 252 g/mol. The second-order valence-electron chi connectivity index (χ2n) is 3.98. The third kappa shape index (κ3) is 2.36. The van der Waals surface area contributed by atoms with Crippen molar-refractivity contribution in [1.29, 1.82) is 0 Å². The molecule has 3 rings (SSSR count). The number of nitrogens with one attached hydrogen (secondary N) is 1. The molecule has 0 bridgehead atoms. The molecule has 6 heteroatoms. The van der Waals surface area contributed by atoms with E-state index in [-0.39, 0.29) is 0 Å². The van der Waals surface area contributed by atoms with Crippen molar-refractivity contribution < 1.29 is 4.42 Å². The molecule has 1 aromatic carbocycles. The molecule has 18 heavy (non-hydrogen) atoms. The maximum absolute atomic E-state index is 5.82. The van der Waals surface area contributed by atoms with E-state index in [1.807, 2.05) is 12.1 Å². The highest BCUT2D eigenvalue weighted by atomic mass is 35.5. The van der Waals surface area contributed by atoms with Crippen LogP contribution in [0.3, 0.4) is 0 Å². The van der Waals surface area contributed by atoms with Gasteiger partial charge in [0.1, 0.15) is 5.84 Å². The number of hydrogen-bond acceptors (Lipinski definition) is 5. The zero-order chi connectivity index (χ0) is 12.4. The summed E-state index contributed by atoms with van der Waals surface area (Å²) in [6, 6.07) is 7.63. The van der Waals surface area contributed by atoms with Gasteiger partial charge in [-0.15, -0.1) is 5.10 Å². The summed E-state index contributed by atoms with van der Waals surface area (Å²) in [7, 11) is 0. The Morgan fingerprint density at radius 2 is 2.00 bits per heavy atom. The van der Waals surface area contributed by atoms with Gasteiger partial charge in [0.2, 0.25) is 5.89 Å². The van der Waals surface area contributed by atoms with E-state index in [0.717, 1.165) is 30.8 Å². The minimum atomic E-state index is 0.376. The summed E-state index contributed by atoms with van der Waals surface area (Å²) in [5.74, 6) is 1.37. The Hall–Kier alpha value is -1.88. The van der Waals surface area contributed by atoms with Crippen LogP contribution in [-0.4, -0.2) is 22.6 Å². The quantitative estimate of drug-likeness (QED) is 0.904. The van der Waals surface area contributed by atoms with E-state index in [1.165, 1.54) is 0 Å². The van der Waals surface area contributed by atoms with Gasteiger partial charge >= 0.3 is 6.01 Å². The van der Waals surface area contributed by atoms with E-state index in [2.05, 4.69) is 20.5 Å². The van der Waals surface area contributed by atoms with Gasteiger partial charge in [0.15, 0.2) is 0 Å². The molecule has 2 heterocycles. The summed E-state index contributed by atoms with van der Waals surface area (Å²) in [5, 5.41) is 11.6. The topological polar surface area (TPSA) is 63.3 Å². The number of rotatable bonds is 2. The van der Waals surface area contributed by atoms with Gasteiger partial charge in [0.05, 0.1) is 0 Å². The summed E-state index contributed by atoms with van der Waals surface area (Å²) in [4.78, 5) is 4.28. The van der Waals surface area contributed by atoms with Gasteiger partial charge < -0.3 is 4.42 Å². The summed E-state index contributed by atoms with van der Waals surface area (Å²) < 4.78 is 5.51. The van der Waals surface area contributed by atoms with E-state index in [0.29, 0.717) is 16.9 Å². The summed E-state index contributed by atoms with van der Waals surface area (Å²) in [6.07, 6.45) is 2.00. The molecule has 1 aromatic heterocycles. The van der Waals surface area contributed by atoms with Crippen LogP contribution < -0.4 is 5.32 Å². The fraction of sp³-hybridized carbons (Fsp3) is 0.250. The first-order valence-corrected chi connectivity index (χ1v) is 6.09. The highest BCUT2D eigenvalue weighted by molar-refractivity contribution is 6.30. The lowest BCUT2D eigenvalue weighted by Gasteiger charge is -1.98. The molecule has 1 N–H and O–H groups in total. The molecular formula is C12H11ClN4O. The summed E-state index contributed by atoms with van der Waals surface area (Å²) in [6.45, 7) is 0.862. The molecule has 92 valence electrons. The SMILES string of the molecule is Clc1ccc(-c2nnc(NC3=NCCC3)o2)cc1. The molecule has 2 aromatic rings. The van der Waals surface area contributed by atoms with Crippen LogP contribution in [0.1, 0.15) is 12.8 Å². The molecule has 0 saturated carbocycles. The Labute approximate surface area is 109 Å². The Bertz CT molecular complexity index is 576. The molecule has 0 fully saturated rings. The molecule has 0 atom stereocenters. The Kier molecular flexibility index (Phi) is 2.98. The largest absolute Gasteiger partial charge is 0.403 e. The molecule has 0 amide bonds. The number of nitrogens with zero attached hydrogens (tertiary/aromatic N) is 3. The minimum absolute atomic E-state index is 0.376. The van der Waals surface area contributed by atoms with E-state index in [1.54, 1.807) is 12.1 Å². The number of aliphatic imine (C=N–C) groups is 1. The van der Waals surface area contributed by atoms with Gasteiger partial charge in [0.25, 0.3) is 0 Å². The molecule has 1 aliphatic heterocycles. The van der Waals surface area contributed by atoms with Crippen LogP contribution >= 0.6 is 11.6 Å². The summed E-state index contributed by atoms with van der Waals surface area (Å²) >= 11 is 5.82. The van der Waals surface area contributed by atoms with Crippen LogP contribution in [0.15, 0.2) is 33.7 Å². The molecule has 5 nitrogen and oxygen atoms in total. The van der Waals surface area contributed by atoms with Gasteiger partial charge in [-0.1, -0.05) is 16.7 Å². The van der Waals surface area contributed by atoms with Crippen molar-refractivity contribution in [2.75, 3.05) is 11.9 Å². The normalized spacial score (nSPS) is 14.6. The van der Waals surface area contributed by atoms with Crippen LogP contribution in [0.25, 0.3) is 11.5 Å². The fourth-order valence-electron chi connectivity index (χ4n) is 1.75. The predicted molar refractivity (Wildman–Crippen MR) is 69.9 cm³/mol. The highest BCUT2D eigenvalue weighted by Gasteiger charge is 2.12. The van der Waals surface area contributed by atoms with Gasteiger partial charge in [0, 0.05) is 23.6 Å². The van der Waals surface area contributed by atoms with Crippen LogP contribution in [0.4, 0.5) is 6.01 Å². The van der Waals surface area contributed by atoms with Gasteiger partial charge in [-0.3, -0.25) is 10.3 Å². The van der Waals surface area contributed by atoms with Crippen LogP contribution in [0.5, 0.6) is 0 Å². The van der Waals surface area contributed by atoms with Gasteiger partial charge in [-0.25, -0.2) is 0 Å². The maximum atomic E-state index is 5.82. The zero-order valence-corrected chi connectivity index (χ0v) is 10.3. The smallest absolute Gasteiger partial charge is 0.321 e. The molecule has 0 aliphatic carbocycles. The first-order valence-electron chi connectivity index (χ1n) is 5.71. The second kappa shape index (κ2) is 4.78. The van der Waals surface area contributed by atoms with E-state index in [9.17, 15) is 0 Å². The van der Waals surface area contributed by atoms with Crippen molar-refractivity contribution in [3.63, 3.8) is 0 Å². The van der Waals surface area contributed by atoms with Crippen molar-refractivity contribution in [1.82, 2.24) is 10.2 Å². The lowest BCUT2D eigenvalue weighted by Crippen LogP contribution is -2.08. The number of anilines is 1. The Balaban J connectivity index is 1.78. The van der Waals surface area contributed by atoms with Crippen molar-refractivity contribution in [2.24, 2.45) is 4.99 Å². The van der Waals surface area contributed by atoms with Crippen LogP contribution in [0, 0.1) is 0 Å². The average Bonchev–Trinajstić information content (AvgIpc) is 3.02. The van der Waals surface area contributed by atoms with Crippen molar-refractivity contribution in [3.05, 3.63) is 29.3 Å². The number of amidine groups is 1. The Morgan fingerprint density at radius 1 is 1.17 bits per heavy atom.